The molecule has 3 heterocycles. The maximum atomic E-state index is 16.2. The van der Waals surface area contributed by atoms with E-state index < -0.39 is 23.2 Å². The summed E-state index contributed by atoms with van der Waals surface area (Å²) in [6.45, 7) is 1.56. The number of piperidine rings is 2. The number of nitrogens with one attached hydrogen (secondary N) is 3. The SMILES string of the molecule is O=C1C[C@@H](C2C=CC=C(Cl)C2)[C@]2(C(=O)Nc3cc(Cl)ccc32)[C@@H](c2c(OC3CCNCC3)ccc(Cl)c2F)N1. The van der Waals surface area contributed by atoms with Crippen LogP contribution in [0.2, 0.25) is 10.0 Å². The predicted molar refractivity (Wildman–Crippen MR) is 150 cm³/mol. The fourth-order valence-electron chi connectivity index (χ4n) is 6.63. The Hall–Kier alpha value is -2.58. The van der Waals surface area contributed by atoms with Crippen molar-refractivity contribution in [2.75, 3.05) is 18.4 Å². The molecule has 2 saturated heterocycles. The predicted octanol–water partition coefficient (Wildman–Crippen LogP) is 6.03. The van der Waals surface area contributed by atoms with E-state index in [0.29, 0.717) is 27.7 Å². The number of rotatable bonds is 4. The number of benzene rings is 2. The number of halogens is 4. The molecule has 6 nitrogen and oxygen atoms in total. The van der Waals surface area contributed by atoms with Gasteiger partial charge >= 0.3 is 0 Å². The molecule has 6 rings (SSSR count). The summed E-state index contributed by atoms with van der Waals surface area (Å²) in [5.41, 5.74) is -0.144. The van der Waals surface area contributed by atoms with E-state index in [1.165, 1.54) is 6.07 Å². The van der Waals surface area contributed by atoms with E-state index in [4.69, 9.17) is 39.5 Å². The van der Waals surface area contributed by atoms with Crippen molar-refractivity contribution in [1.82, 2.24) is 10.6 Å². The summed E-state index contributed by atoms with van der Waals surface area (Å²) in [6, 6.07) is 7.15. The van der Waals surface area contributed by atoms with E-state index in [1.807, 2.05) is 12.2 Å². The first kappa shape index (κ1) is 26.6. The highest BCUT2D eigenvalue weighted by molar-refractivity contribution is 6.31. The molecule has 4 aliphatic rings. The van der Waals surface area contributed by atoms with Crippen molar-refractivity contribution >= 4 is 52.3 Å². The maximum absolute atomic E-state index is 16.2. The van der Waals surface area contributed by atoms with Gasteiger partial charge < -0.3 is 20.7 Å². The van der Waals surface area contributed by atoms with Gasteiger partial charge in [-0.1, -0.05) is 53.0 Å². The van der Waals surface area contributed by atoms with Gasteiger partial charge in [-0.2, -0.15) is 0 Å². The van der Waals surface area contributed by atoms with E-state index in [2.05, 4.69) is 16.0 Å². The van der Waals surface area contributed by atoms with Gasteiger partial charge in [0, 0.05) is 22.2 Å². The minimum atomic E-state index is -1.38. The third-order valence-electron chi connectivity index (χ3n) is 8.35. The molecule has 10 heteroatoms. The molecular formula is C29H27Cl3FN3O3. The topological polar surface area (TPSA) is 79.5 Å². The number of carbonyl (C=O) groups excluding carboxylic acids is 2. The van der Waals surface area contributed by atoms with Gasteiger partial charge in [-0.05, 0) is 80.1 Å². The van der Waals surface area contributed by atoms with Gasteiger partial charge in [0.1, 0.15) is 17.3 Å². The second kappa shape index (κ2) is 10.4. The molecule has 2 aromatic rings. The number of ether oxygens (including phenoxy) is 1. The largest absolute Gasteiger partial charge is 0.490 e. The maximum Gasteiger partial charge on any atom is 0.237 e. The van der Waals surface area contributed by atoms with Crippen LogP contribution in [0.25, 0.3) is 0 Å². The molecule has 0 radical (unpaired) electrons. The summed E-state index contributed by atoms with van der Waals surface area (Å²) >= 11 is 19.1. The lowest BCUT2D eigenvalue weighted by molar-refractivity contribution is -0.135. The highest BCUT2D eigenvalue weighted by Crippen LogP contribution is 2.59. The average molecular weight is 591 g/mol. The van der Waals surface area contributed by atoms with Gasteiger partial charge in [-0.25, -0.2) is 4.39 Å². The number of amides is 2. The summed E-state index contributed by atoms with van der Waals surface area (Å²) in [6.07, 6.45) is 7.46. The van der Waals surface area contributed by atoms with E-state index in [1.54, 1.807) is 30.3 Å². The highest BCUT2D eigenvalue weighted by Gasteiger charge is 2.63. The van der Waals surface area contributed by atoms with Crippen molar-refractivity contribution in [3.8, 4) is 5.75 Å². The van der Waals surface area contributed by atoms with Crippen LogP contribution in [-0.4, -0.2) is 31.0 Å². The molecule has 1 unspecified atom stereocenters. The zero-order valence-corrected chi connectivity index (χ0v) is 23.2. The number of allylic oxidation sites excluding steroid dienone is 4. The van der Waals surface area contributed by atoms with Crippen LogP contribution in [0.4, 0.5) is 10.1 Å². The average Bonchev–Trinajstić information content (AvgIpc) is 3.19. The Labute approximate surface area is 240 Å². The number of carbonyl (C=O) groups is 2. The molecule has 4 atom stereocenters. The molecule has 2 aromatic carbocycles. The number of anilines is 1. The third-order valence-corrected chi connectivity index (χ3v) is 9.15. The second-order valence-corrected chi connectivity index (χ2v) is 11.9. The van der Waals surface area contributed by atoms with Crippen LogP contribution in [0.15, 0.2) is 53.6 Å². The Morgan fingerprint density at radius 3 is 2.59 bits per heavy atom. The molecule has 0 bridgehead atoms. The molecular weight excluding hydrogens is 564 g/mol. The summed E-state index contributed by atoms with van der Waals surface area (Å²) < 4.78 is 22.6. The highest BCUT2D eigenvalue weighted by atomic mass is 35.5. The van der Waals surface area contributed by atoms with Crippen molar-refractivity contribution in [3.63, 3.8) is 0 Å². The molecule has 1 aliphatic carbocycles. The van der Waals surface area contributed by atoms with Crippen LogP contribution < -0.4 is 20.7 Å². The second-order valence-electron chi connectivity index (χ2n) is 10.5. The lowest BCUT2D eigenvalue weighted by Crippen LogP contribution is -2.59. The first-order valence-corrected chi connectivity index (χ1v) is 14.2. The van der Waals surface area contributed by atoms with Gasteiger partial charge in [0.2, 0.25) is 11.8 Å². The van der Waals surface area contributed by atoms with Gasteiger partial charge in [-0.15, -0.1) is 0 Å². The lowest BCUT2D eigenvalue weighted by Gasteiger charge is -2.49. The molecule has 0 aromatic heterocycles. The third kappa shape index (κ3) is 4.53. The first-order valence-electron chi connectivity index (χ1n) is 13.1. The number of hydrogen-bond donors (Lipinski definition) is 3. The van der Waals surface area contributed by atoms with Crippen molar-refractivity contribution in [3.05, 3.63) is 80.6 Å². The molecule has 204 valence electrons. The van der Waals surface area contributed by atoms with Crippen LogP contribution >= 0.6 is 34.8 Å². The quantitative estimate of drug-likeness (QED) is 0.406. The van der Waals surface area contributed by atoms with Gasteiger partial charge in [0.05, 0.1) is 16.6 Å². The zero-order chi connectivity index (χ0) is 27.3. The molecule has 39 heavy (non-hydrogen) atoms. The minimum Gasteiger partial charge on any atom is -0.490 e. The molecule has 2 amide bonds. The Morgan fingerprint density at radius 1 is 1.03 bits per heavy atom. The Bertz CT molecular complexity index is 1410. The van der Waals surface area contributed by atoms with E-state index in [9.17, 15) is 9.59 Å². The van der Waals surface area contributed by atoms with Gasteiger partial charge in [0.25, 0.3) is 0 Å². The van der Waals surface area contributed by atoms with Crippen LogP contribution in [0.1, 0.15) is 42.9 Å². The van der Waals surface area contributed by atoms with Crippen molar-refractivity contribution in [2.24, 2.45) is 11.8 Å². The van der Waals surface area contributed by atoms with Crippen molar-refractivity contribution in [1.29, 1.82) is 0 Å². The first-order chi connectivity index (χ1) is 18.8. The molecule has 3 aliphatic heterocycles. The van der Waals surface area contributed by atoms with Crippen LogP contribution in [0.3, 0.4) is 0 Å². The fourth-order valence-corrected chi connectivity index (χ4v) is 7.22. The van der Waals surface area contributed by atoms with Crippen LogP contribution in [-0.2, 0) is 15.0 Å². The number of hydrogen-bond acceptors (Lipinski definition) is 4. The number of fused-ring (bicyclic) bond motifs is 2. The van der Waals surface area contributed by atoms with Crippen LogP contribution in [0, 0.1) is 17.7 Å². The van der Waals surface area contributed by atoms with Crippen molar-refractivity contribution in [2.45, 2.75) is 43.2 Å². The van der Waals surface area contributed by atoms with Crippen molar-refractivity contribution < 1.29 is 18.7 Å². The molecule has 3 N–H and O–H groups in total. The van der Waals surface area contributed by atoms with Gasteiger partial charge in [-0.3, -0.25) is 9.59 Å². The summed E-state index contributed by atoms with van der Waals surface area (Å²) in [5.74, 6) is -1.89. The Morgan fingerprint density at radius 2 is 1.82 bits per heavy atom. The molecule has 0 saturated carbocycles. The van der Waals surface area contributed by atoms with E-state index in [0.717, 1.165) is 25.9 Å². The fraction of sp³-hybridized carbons (Fsp3) is 0.379. The zero-order valence-electron chi connectivity index (χ0n) is 20.9. The smallest absolute Gasteiger partial charge is 0.237 e. The van der Waals surface area contributed by atoms with E-state index in [-0.39, 0.29) is 46.6 Å². The minimum absolute atomic E-state index is 0.0534. The van der Waals surface area contributed by atoms with Crippen LogP contribution in [0.5, 0.6) is 5.75 Å². The lowest BCUT2D eigenvalue weighted by atomic mass is 9.56. The Kier molecular flexibility index (Phi) is 7.12. The van der Waals surface area contributed by atoms with Gasteiger partial charge in [0.15, 0.2) is 5.82 Å². The van der Waals surface area contributed by atoms with E-state index >= 15 is 4.39 Å². The Balaban J connectivity index is 1.57. The molecule has 2 fully saturated rings. The monoisotopic (exact) mass is 589 g/mol. The standard InChI is InChI=1S/C29H27Cl3FN3O3/c30-16-3-1-2-15(12-16)20-14-24(37)36-27(29(20)19-5-4-17(31)13-22(19)35-28(29)38)25-23(7-6-21(32)26(25)33)39-18-8-10-34-11-9-18/h1-7,13,15,18,20,27,34H,8-12,14H2,(H,35,38)(H,36,37)/t15?,20-,27+,29-/m0/s1. The normalized spacial score (nSPS) is 28.6. The summed E-state index contributed by atoms with van der Waals surface area (Å²) in [4.78, 5) is 27.6. The summed E-state index contributed by atoms with van der Waals surface area (Å²) in [7, 11) is 0. The molecule has 1 spiro atoms. The summed E-state index contributed by atoms with van der Waals surface area (Å²) in [5, 5.41) is 10.2.